The maximum atomic E-state index is 14.1. The highest BCUT2D eigenvalue weighted by molar-refractivity contribution is 7.92. The second-order valence-corrected chi connectivity index (χ2v) is 8.62. The molecule has 0 saturated heterocycles. The minimum atomic E-state index is -3.97. The van der Waals surface area contributed by atoms with Crippen molar-refractivity contribution < 1.29 is 17.5 Å². The maximum Gasteiger partial charge on any atom is 0.262 e. The lowest BCUT2D eigenvalue weighted by Gasteiger charge is -2.12. The number of hydrogen-bond donors (Lipinski definition) is 2. The summed E-state index contributed by atoms with van der Waals surface area (Å²) in [5.41, 5.74) is 1.01. The Labute approximate surface area is 190 Å². The molecule has 0 amide bonds. The van der Waals surface area contributed by atoms with Crippen LogP contribution in [0.15, 0.2) is 71.9 Å². The fourth-order valence-electron chi connectivity index (χ4n) is 3.04. The highest BCUT2D eigenvalue weighted by atomic mass is 32.2. The Morgan fingerprint density at radius 1 is 1.06 bits per heavy atom. The van der Waals surface area contributed by atoms with E-state index in [9.17, 15) is 12.8 Å². The molecule has 0 aliphatic rings. The van der Waals surface area contributed by atoms with Gasteiger partial charge in [-0.15, -0.1) is 0 Å². The molecule has 0 atom stereocenters. The van der Waals surface area contributed by atoms with E-state index in [1.54, 1.807) is 67.3 Å². The van der Waals surface area contributed by atoms with E-state index in [-0.39, 0.29) is 17.3 Å². The van der Waals surface area contributed by atoms with Crippen molar-refractivity contribution in [2.75, 3.05) is 16.6 Å². The van der Waals surface area contributed by atoms with Gasteiger partial charge in [-0.05, 0) is 62.4 Å². The predicted molar refractivity (Wildman–Crippen MR) is 122 cm³/mol. The number of aromatic nitrogens is 4. The van der Waals surface area contributed by atoms with Crippen molar-refractivity contribution in [1.82, 2.24) is 19.7 Å². The summed E-state index contributed by atoms with van der Waals surface area (Å²) < 4.78 is 48.5. The zero-order valence-electron chi connectivity index (χ0n) is 17.9. The van der Waals surface area contributed by atoms with Crippen LogP contribution in [0.1, 0.15) is 12.7 Å². The molecule has 0 bridgehead atoms. The van der Waals surface area contributed by atoms with Crippen molar-refractivity contribution in [2.24, 2.45) is 0 Å². The number of anilines is 3. The average molecular weight is 469 g/mol. The maximum absolute atomic E-state index is 14.1. The van der Waals surface area contributed by atoms with E-state index in [4.69, 9.17) is 4.74 Å². The molecule has 4 rings (SSSR count). The zero-order chi connectivity index (χ0) is 23.4. The van der Waals surface area contributed by atoms with Gasteiger partial charge in [0.2, 0.25) is 0 Å². The van der Waals surface area contributed by atoms with Crippen LogP contribution < -0.4 is 14.8 Å². The topological polar surface area (TPSA) is 111 Å². The average Bonchev–Trinajstić information content (AvgIpc) is 3.31. The lowest BCUT2D eigenvalue weighted by atomic mass is 10.3. The molecule has 0 saturated carbocycles. The van der Waals surface area contributed by atoms with Crippen molar-refractivity contribution in [3.05, 3.63) is 78.6 Å². The van der Waals surface area contributed by atoms with Gasteiger partial charge >= 0.3 is 0 Å². The molecule has 0 aliphatic heterocycles. The molecule has 9 nitrogen and oxygen atoms in total. The molecule has 0 fully saturated rings. The Morgan fingerprint density at radius 3 is 2.48 bits per heavy atom. The summed E-state index contributed by atoms with van der Waals surface area (Å²) in [6.45, 7) is 3.77. The summed E-state index contributed by atoms with van der Waals surface area (Å²) in [4.78, 5) is 8.53. The van der Waals surface area contributed by atoms with Crippen LogP contribution in [0.25, 0.3) is 5.82 Å². The number of nitrogens with zero attached hydrogens (tertiary/aromatic N) is 4. The molecule has 170 valence electrons. The number of nitrogens with one attached hydrogen (secondary N) is 2. The van der Waals surface area contributed by atoms with Gasteiger partial charge in [0, 0.05) is 29.8 Å². The van der Waals surface area contributed by atoms with E-state index in [0.717, 1.165) is 6.07 Å². The summed E-state index contributed by atoms with van der Waals surface area (Å²) in [5.74, 6) is 1.00. The molecule has 0 aliphatic carbocycles. The first kappa shape index (κ1) is 22.2. The molecule has 2 aromatic heterocycles. The van der Waals surface area contributed by atoms with Crippen LogP contribution in [0.5, 0.6) is 5.75 Å². The number of ether oxygens (including phenoxy) is 1. The Hall–Kier alpha value is -3.99. The van der Waals surface area contributed by atoms with Gasteiger partial charge in [0.1, 0.15) is 11.6 Å². The molecule has 0 unspecified atom stereocenters. The Morgan fingerprint density at radius 2 is 1.82 bits per heavy atom. The van der Waals surface area contributed by atoms with Crippen LogP contribution >= 0.6 is 0 Å². The van der Waals surface area contributed by atoms with Gasteiger partial charge in [-0.3, -0.25) is 4.72 Å². The van der Waals surface area contributed by atoms with Crippen LogP contribution in [0, 0.1) is 12.7 Å². The van der Waals surface area contributed by atoms with Crippen molar-refractivity contribution in [3.63, 3.8) is 0 Å². The van der Waals surface area contributed by atoms with Gasteiger partial charge < -0.3 is 10.1 Å². The van der Waals surface area contributed by atoms with E-state index in [1.807, 2.05) is 0 Å². The molecule has 2 aromatic carbocycles. The van der Waals surface area contributed by atoms with E-state index < -0.39 is 15.8 Å². The van der Waals surface area contributed by atoms with E-state index in [1.165, 1.54) is 12.1 Å². The van der Waals surface area contributed by atoms with Crippen molar-refractivity contribution >= 4 is 27.2 Å². The zero-order valence-corrected chi connectivity index (χ0v) is 18.7. The standard InChI is InChI=1S/C22H21FN6O3S/c1-3-32-20-10-9-18(13-19(20)23)33(30,31)28-17-7-5-16(6-8-17)27-21-14-22(26-15(2)25-21)29-12-4-11-24-29/h4-14,28H,3H2,1-2H3,(H,25,26,27). The molecule has 0 spiro atoms. The van der Waals surface area contributed by atoms with E-state index in [2.05, 4.69) is 25.1 Å². The summed E-state index contributed by atoms with van der Waals surface area (Å²) in [6, 6.07) is 13.6. The summed E-state index contributed by atoms with van der Waals surface area (Å²) in [5, 5.41) is 7.33. The van der Waals surface area contributed by atoms with Crippen LogP contribution in [0.4, 0.5) is 21.6 Å². The molecule has 2 heterocycles. The molecule has 2 N–H and O–H groups in total. The quantitative estimate of drug-likeness (QED) is 0.401. The van der Waals surface area contributed by atoms with Crippen LogP contribution in [0.2, 0.25) is 0 Å². The smallest absolute Gasteiger partial charge is 0.262 e. The lowest BCUT2D eigenvalue weighted by Crippen LogP contribution is -2.13. The van der Waals surface area contributed by atoms with Gasteiger partial charge in [-0.25, -0.2) is 27.5 Å². The third-order valence-corrected chi connectivity index (χ3v) is 5.87. The highest BCUT2D eigenvalue weighted by Gasteiger charge is 2.17. The highest BCUT2D eigenvalue weighted by Crippen LogP contribution is 2.24. The van der Waals surface area contributed by atoms with Gasteiger partial charge in [0.05, 0.1) is 11.5 Å². The Bertz CT molecular complexity index is 1360. The SMILES string of the molecule is CCOc1ccc(S(=O)(=O)Nc2ccc(Nc3cc(-n4cccn4)nc(C)n3)cc2)cc1F. The molecule has 33 heavy (non-hydrogen) atoms. The van der Waals surface area contributed by atoms with Crippen LogP contribution in [-0.2, 0) is 10.0 Å². The second-order valence-electron chi connectivity index (χ2n) is 6.94. The summed E-state index contributed by atoms with van der Waals surface area (Å²) >= 11 is 0. The number of sulfonamides is 1. The van der Waals surface area contributed by atoms with Crippen LogP contribution in [-0.4, -0.2) is 34.8 Å². The number of halogens is 1. The largest absolute Gasteiger partial charge is 0.491 e. The second kappa shape index (κ2) is 9.25. The minimum Gasteiger partial charge on any atom is -0.491 e. The Kier molecular flexibility index (Phi) is 6.22. The van der Waals surface area contributed by atoms with Gasteiger partial charge in [-0.1, -0.05) is 0 Å². The monoisotopic (exact) mass is 468 g/mol. The number of aryl methyl sites for hydroxylation is 1. The minimum absolute atomic E-state index is 0.00236. The van der Waals surface area contributed by atoms with Crippen molar-refractivity contribution in [2.45, 2.75) is 18.7 Å². The van der Waals surface area contributed by atoms with E-state index in [0.29, 0.717) is 28.8 Å². The third kappa shape index (κ3) is 5.26. The van der Waals surface area contributed by atoms with Crippen LogP contribution in [0.3, 0.4) is 0 Å². The number of hydrogen-bond acceptors (Lipinski definition) is 7. The van der Waals surface area contributed by atoms with E-state index >= 15 is 0 Å². The molecular weight excluding hydrogens is 447 g/mol. The lowest BCUT2D eigenvalue weighted by molar-refractivity contribution is 0.321. The fourth-order valence-corrected chi connectivity index (χ4v) is 4.11. The molecule has 0 radical (unpaired) electrons. The number of benzene rings is 2. The molecule has 11 heteroatoms. The first-order valence-corrected chi connectivity index (χ1v) is 11.5. The summed E-state index contributed by atoms with van der Waals surface area (Å²) in [7, 11) is -3.97. The Balaban J connectivity index is 1.48. The van der Waals surface area contributed by atoms with Crippen molar-refractivity contribution in [3.8, 4) is 11.6 Å². The fraction of sp³-hybridized carbons (Fsp3) is 0.136. The predicted octanol–water partition coefficient (Wildman–Crippen LogP) is 4.05. The first-order chi connectivity index (χ1) is 15.8. The summed E-state index contributed by atoms with van der Waals surface area (Å²) in [6.07, 6.45) is 3.44. The third-order valence-electron chi connectivity index (χ3n) is 4.49. The van der Waals surface area contributed by atoms with Gasteiger partial charge in [0.25, 0.3) is 10.0 Å². The van der Waals surface area contributed by atoms with Crippen molar-refractivity contribution in [1.29, 1.82) is 0 Å². The molecular formula is C22H21FN6O3S. The normalized spacial score (nSPS) is 11.2. The number of rotatable bonds is 8. The van der Waals surface area contributed by atoms with Gasteiger partial charge in [0.15, 0.2) is 17.4 Å². The van der Waals surface area contributed by atoms with Gasteiger partial charge in [-0.2, -0.15) is 5.10 Å². The first-order valence-electron chi connectivity index (χ1n) is 10.0. The molecule has 4 aromatic rings.